The van der Waals surface area contributed by atoms with Gasteiger partial charge in [-0.3, -0.25) is 14.8 Å². The lowest BCUT2D eigenvalue weighted by molar-refractivity contribution is -0.116. The highest BCUT2D eigenvalue weighted by Gasteiger charge is 2.13. The van der Waals surface area contributed by atoms with Crippen molar-refractivity contribution in [1.82, 2.24) is 30.2 Å². The summed E-state index contributed by atoms with van der Waals surface area (Å²) in [6.45, 7) is 6.92. The summed E-state index contributed by atoms with van der Waals surface area (Å²) >= 11 is 0. The Kier molecular flexibility index (Phi) is 6.53. The van der Waals surface area contributed by atoms with Gasteiger partial charge < -0.3 is 20.3 Å². The Morgan fingerprint density at radius 1 is 1.06 bits per heavy atom. The van der Waals surface area contributed by atoms with E-state index >= 15 is 0 Å². The maximum atomic E-state index is 11.5. The monoisotopic (exact) mass is 468 g/mol. The van der Waals surface area contributed by atoms with E-state index in [9.17, 15) is 4.79 Å². The quantitative estimate of drug-likeness (QED) is 0.395. The molecule has 10 heteroatoms. The van der Waals surface area contributed by atoms with E-state index in [2.05, 4.69) is 42.0 Å². The molecule has 10 nitrogen and oxygen atoms in total. The van der Waals surface area contributed by atoms with Gasteiger partial charge in [0.1, 0.15) is 17.0 Å². The van der Waals surface area contributed by atoms with Crippen LogP contribution in [0, 0.1) is 0 Å². The van der Waals surface area contributed by atoms with Crippen LogP contribution in [0.5, 0.6) is 0 Å². The number of pyridine rings is 3. The van der Waals surface area contributed by atoms with E-state index in [1.807, 2.05) is 30.3 Å². The fourth-order valence-electron chi connectivity index (χ4n) is 3.75. The van der Waals surface area contributed by atoms with Crippen molar-refractivity contribution in [2.24, 2.45) is 0 Å². The number of amides is 1. The van der Waals surface area contributed by atoms with E-state index in [-0.39, 0.29) is 5.91 Å². The maximum absolute atomic E-state index is 11.5. The average molecular weight is 469 g/mol. The highest BCUT2D eigenvalue weighted by Crippen LogP contribution is 2.25. The van der Waals surface area contributed by atoms with E-state index < -0.39 is 0 Å². The predicted molar refractivity (Wildman–Crippen MR) is 133 cm³/mol. The molecule has 0 bridgehead atoms. The lowest BCUT2D eigenvalue weighted by Crippen LogP contribution is -2.36. The number of aromatic nitrogens is 5. The van der Waals surface area contributed by atoms with Crippen molar-refractivity contribution in [3.63, 3.8) is 0 Å². The van der Waals surface area contributed by atoms with Crippen LogP contribution < -0.4 is 15.5 Å². The van der Waals surface area contributed by atoms with E-state index in [1.165, 1.54) is 6.08 Å². The van der Waals surface area contributed by atoms with Gasteiger partial charge in [-0.15, -0.1) is 0 Å². The number of morpholine rings is 1. The zero-order valence-corrected chi connectivity index (χ0v) is 19.0. The molecule has 4 aromatic rings. The number of anilines is 3. The molecule has 1 aliphatic heterocycles. The molecule has 0 spiro atoms. The highest BCUT2D eigenvalue weighted by atomic mass is 16.5. The van der Waals surface area contributed by atoms with Gasteiger partial charge in [0.2, 0.25) is 11.9 Å². The maximum Gasteiger partial charge on any atom is 0.243 e. The standard InChI is InChI=1S/C25H24N8O2/c1-2-22(34)29-14-17-5-7-26-20(13-17)24-23-18(6-8-27-24)15-30-25(32-23)31-19-3-4-21(28-16-19)33-9-11-35-12-10-33/h2-8,13,15-16H,1,9-12,14H2,(H,29,34)(H,30,31,32). The predicted octanol–water partition coefficient (Wildman–Crippen LogP) is 2.86. The first-order valence-electron chi connectivity index (χ1n) is 11.2. The Bertz CT molecular complexity index is 1350. The molecule has 1 saturated heterocycles. The van der Waals surface area contributed by atoms with Gasteiger partial charge in [0.15, 0.2) is 0 Å². The highest BCUT2D eigenvalue weighted by molar-refractivity contribution is 5.90. The minimum Gasteiger partial charge on any atom is -0.378 e. The number of carbonyl (C=O) groups excluding carboxylic acids is 1. The summed E-state index contributed by atoms with van der Waals surface area (Å²) in [7, 11) is 0. The Morgan fingerprint density at radius 2 is 1.91 bits per heavy atom. The lowest BCUT2D eigenvalue weighted by atomic mass is 10.1. The smallest absolute Gasteiger partial charge is 0.243 e. The molecule has 176 valence electrons. The van der Waals surface area contributed by atoms with Crippen molar-refractivity contribution in [3.8, 4) is 11.4 Å². The SMILES string of the molecule is C=CC(=O)NCc1ccnc(-c2nccc3cnc(Nc4ccc(N5CCOCC5)nc4)nc23)c1. The van der Waals surface area contributed by atoms with Crippen molar-refractivity contribution >= 4 is 34.3 Å². The van der Waals surface area contributed by atoms with E-state index in [1.54, 1.807) is 24.8 Å². The molecule has 0 unspecified atom stereocenters. The Hall–Kier alpha value is -4.44. The van der Waals surface area contributed by atoms with Crippen molar-refractivity contribution in [2.45, 2.75) is 6.54 Å². The number of hydrogen-bond donors (Lipinski definition) is 2. The van der Waals surface area contributed by atoms with Crippen LogP contribution in [-0.4, -0.2) is 57.1 Å². The molecule has 2 N–H and O–H groups in total. The second kappa shape index (κ2) is 10.2. The molecule has 0 aromatic carbocycles. The fourth-order valence-corrected chi connectivity index (χ4v) is 3.75. The number of carbonyl (C=O) groups is 1. The molecule has 0 aliphatic carbocycles. The molecule has 35 heavy (non-hydrogen) atoms. The van der Waals surface area contributed by atoms with Gasteiger partial charge in [0.25, 0.3) is 0 Å². The average Bonchev–Trinajstić information content (AvgIpc) is 2.92. The van der Waals surface area contributed by atoms with Crippen molar-refractivity contribution in [3.05, 3.63) is 73.3 Å². The topological polar surface area (TPSA) is 118 Å². The number of nitrogens with zero attached hydrogens (tertiary/aromatic N) is 6. The van der Waals surface area contributed by atoms with Gasteiger partial charge in [0.05, 0.1) is 30.8 Å². The first-order chi connectivity index (χ1) is 17.2. The van der Waals surface area contributed by atoms with Crippen LogP contribution in [0.2, 0.25) is 0 Å². The second-order valence-corrected chi connectivity index (χ2v) is 7.89. The summed E-state index contributed by atoms with van der Waals surface area (Å²) in [5.74, 6) is 1.12. The summed E-state index contributed by atoms with van der Waals surface area (Å²) in [5.41, 5.74) is 3.63. The van der Waals surface area contributed by atoms with Gasteiger partial charge in [0, 0.05) is 43.6 Å². The lowest BCUT2D eigenvalue weighted by Gasteiger charge is -2.27. The number of fused-ring (bicyclic) bond motifs is 1. The molecule has 0 saturated carbocycles. The van der Waals surface area contributed by atoms with Crippen LogP contribution in [0.4, 0.5) is 17.5 Å². The van der Waals surface area contributed by atoms with E-state index in [0.717, 1.165) is 35.5 Å². The number of rotatable bonds is 7. The molecular weight excluding hydrogens is 444 g/mol. The number of nitrogens with one attached hydrogen (secondary N) is 2. The van der Waals surface area contributed by atoms with Crippen LogP contribution in [-0.2, 0) is 16.1 Å². The van der Waals surface area contributed by atoms with Crippen LogP contribution in [0.3, 0.4) is 0 Å². The van der Waals surface area contributed by atoms with Gasteiger partial charge in [-0.05, 0) is 42.0 Å². The van der Waals surface area contributed by atoms with Crippen LogP contribution in [0.25, 0.3) is 22.3 Å². The Morgan fingerprint density at radius 3 is 2.71 bits per heavy atom. The van der Waals surface area contributed by atoms with Gasteiger partial charge in [-0.25, -0.2) is 15.0 Å². The van der Waals surface area contributed by atoms with Crippen molar-refractivity contribution in [1.29, 1.82) is 0 Å². The molecule has 1 aliphatic rings. The molecule has 5 rings (SSSR count). The molecule has 4 aromatic heterocycles. The second-order valence-electron chi connectivity index (χ2n) is 7.89. The van der Waals surface area contributed by atoms with Gasteiger partial charge >= 0.3 is 0 Å². The molecule has 5 heterocycles. The number of ether oxygens (including phenoxy) is 1. The van der Waals surface area contributed by atoms with Crippen LogP contribution >= 0.6 is 0 Å². The third-order valence-electron chi connectivity index (χ3n) is 5.56. The zero-order valence-electron chi connectivity index (χ0n) is 19.0. The summed E-state index contributed by atoms with van der Waals surface area (Å²) in [4.78, 5) is 36.4. The fraction of sp³-hybridized carbons (Fsp3) is 0.200. The van der Waals surface area contributed by atoms with Crippen molar-refractivity contribution < 1.29 is 9.53 Å². The summed E-state index contributed by atoms with van der Waals surface area (Å²) < 4.78 is 5.41. The van der Waals surface area contributed by atoms with Gasteiger partial charge in [-0.2, -0.15) is 0 Å². The molecule has 0 radical (unpaired) electrons. The largest absolute Gasteiger partial charge is 0.378 e. The van der Waals surface area contributed by atoms with Crippen LogP contribution in [0.1, 0.15) is 5.56 Å². The summed E-state index contributed by atoms with van der Waals surface area (Å²) in [6.07, 6.45) is 8.15. The first-order valence-corrected chi connectivity index (χ1v) is 11.2. The molecule has 1 amide bonds. The number of hydrogen-bond acceptors (Lipinski definition) is 9. The molecule has 0 atom stereocenters. The third-order valence-corrected chi connectivity index (χ3v) is 5.56. The summed E-state index contributed by atoms with van der Waals surface area (Å²) in [5, 5.41) is 6.83. The zero-order chi connectivity index (χ0) is 24.0. The van der Waals surface area contributed by atoms with Crippen LogP contribution in [0.15, 0.2) is 67.8 Å². The molecule has 1 fully saturated rings. The molecular formula is C25H24N8O2. The minimum absolute atomic E-state index is 0.234. The van der Waals surface area contributed by atoms with Crippen molar-refractivity contribution in [2.75, 3.05) is 36.5 Å². The van der Waals surface area contributed by atoms with E-state index in [4.69, 9.17) is 9.72 Å². The van der Waals surface area contributed by atoms with E-state index in [0.29, 0.717) is 42.6 Å². The minimum atomic E-state index is -0.234. The normalized spacial score (nSPS) is 13.4. The first kappa shape index (κ1) is 22.4. The Balaban J connectivity index is 1.39. The Labute approximate surface area is 202 Å². The van der Waals surface area contributed by atoms with Gasteiger partial charge in [-0.1, -0.05) is 6.58 Å². The third kappa shape index (κ3) is 5.22. The summed E-state index contributed by atoms with van der Waals surface area (Å²) in [6, 6.07) is 9.51.